The van der Waals surface area contributed by atoms with E-state index in [1.807, 2.05) is 12.1 Å². The van der Waals surface area contributed by atoms with Crippen LogP contribution in [0.3, 0.4) is 0 Å². The minimum absolute atomic E-state index is 0.120. The zero-order chi connectivity index (χ0) is 20.2. The Bertz CT molecular complexity index is 817. The fraction of sp³-hybridized carbons (Fsp3) is 0.333. The summed E-state index contributed by atoms with van der Waals surface area (Å²) in [5, 5.41) is 12.1. The number of carbonyl (C=O) groups is 2. The molecule has 142 valence electrons. The van der Waals surface area contributed by atoms with Gasteiger partial charge in [-0.05, 0) is 20.8 Å². The van der Waals surface area contributed by atoms with Crippen molar-refractivity contribution in [3.8, 4) is 11.3 Å². The first-order valence-corrected chi connectivity index (χ1v) is 9.40. The molecule has 0 unspecified atom stereocenters. The molecule has 0 saturated heterocycles. The van der Waals surface area contributed by atoms with E-state index in [0.717, 1.165) is 11.1 Å². The van der Waals surface area contributed by atoms with Crippen molar-refractivity contribution >= 4 is 45.1 Å². The molecule has 0 aliphatic carbocycles. The van der Waals surface area contributed by atoms with E-state index in [4.69, 9.17) is 16.3 Å². The van der Waals surface area contributed by atoms with E-state index in [9.17, 15) is 14.7 Å². The molecular weight excluding hydrogens is 433 g/mol. The molecule has 9 heteroatoms. The molecule has 2 aromatic rings. The Labute approximate surface area is 171 Å². The van der Waals surface area contributed by atoms with Gasteiger partial charge in [0.15, 0.2) is 0 Å². The third-order valence-corrected chi connectivity index (χ3v) is 3.97. The number of halogens is 1. The summed E-state index contributed by atoms with van der Waals surface area (Å²) in [6.45, 7) is 5.13. The Morgan fingerprint density at radius 3 is 2.41 bits per heavy atom. The van der Waals surface area contributed by atoms with Crippen LogP contribution in [-0.4, -0.2) is 55.6 Å². The molecule has 0 aliphatic heterocycles. The Balaban J connectivity index is 2.10. The number of carboxylic acid groups (broad SMARTS) is 1. The zero-order valence-corrected chi connectivity index (χ0v) is 17.7. The third-order valence-electron chi connectivity index (χ3n) is 3.36. The second kappa shape index (κ2) is 8.72. The normalized spacial score (nSPS) is 12.3. The summed E-state index contributed by atoms with van der Waals surface area (Å²) in [6.07, 6.45) is -0.647. The van der Waals surface area contributed by atoms with Crippen molar-refractivity contribution in [3.05, 3.63) is 41.0 Å². The number of aliphatic carboxylic acids is 1. The van der Waals surface area contributed by atoms with Crippen molar-refractivity contribution in [1.82, 2.24) is 15.3 Å². The van der Waals surface area contributed by atoms with Crippen LogP contribution in [0.15, 0.2) is 30.3 Å². The van der Waals surface area contributed by atoms with Crippen molar-refractivity contribution in [2.24, 2.45) is 0 Å². The first-order chi connectivity index (χ1) is 12.5. The Morgan fingerprint density at radius 2 is 1.89 bits per heavy atom. The average molecular weight is 452 g/mol. The van der Waals surface area contributed by atoms with Crippen molar-refractivity contribution in [2.75, 3.05) is 0 Å². The number of amides is 1. The fourth-order valence-electron chi connectivity index (χ4n) is 2.25. The number of nitrogens with zero attached hydrogens (tertiary/aromatic N) is 2. The Hall–Kier alpha value is -2.11. The molecule has 1 atom stereocenters. The van der Waals surface area contributed by atoms with Crippen LogP contribution in [0.2, 0.25) is 5.15 Å². The number of ether oxygens (including phenoxy) is 1. The maximum atomic E-state index is 11.8. The van der Waals surface area contributed by atoms with Crippen LogP contribution in [0.25, 0.3) is 11.3 Å². The number of nitrogens with one attached hydrogen (secondary N) is 1. The van der Waals surface area contributed by atoms with Gasteiger partial charge in [-0.25, -0.2) is 0 Å². The molecule has 7 nitrogen and oxygen atoms in total. The summed E-state index contributed by atoms with van der Waals surface area (Å²) in [6, 6.07) is 7.74. The predicted molar refractivity (Wildman–Crippen MR) is 102 cm³/mol. The predicted octanol–water partition coefficient (Wildman–Crippen LogP) is 2.11. The Kier molecular flexibility index (Phi) is 6.84. The minimum atomic E-state index is -1.14. The second-order valence-corrected chi connectivity index (χ2v) is 8.04. The van der Waals surface area contributed by atoms with E-state index in [1.165, 1.54) is 0 Å². The van der Waals surface area contributed by atoms with E-state index in [-0.39, 0.29) is 6.42 Å². The van der Waals surface area contributed by atoms with Crippen molar-refractivity contribution in [3.63, 3.8) is 0 Å². The average Bonchev–Trinajstić information content (AvgIpc) is 2.52. The summed E-state index contributed by atoms with van der Waals surface area (Å²) < 4.78 is 5.62. The quantitative estimate of drug-likeness (QED) is 0.533. The molecule has 1 amide bonds. The van der Waals surface area contributed by atoms with Crippen LogP contribution in [0.4, 0.5) is 4.79 Å². The summed E-state index contributed by atoms with van der Waals surface area (Å²) in [5.74, 6) is -1.14. The van der Waals surface area contributed by atoms with Gasteiger partial charge in [-0.2, -0.15) is 0 Å². The van der Waals surface area contributed by atoms with Gasteiger partial charge in [-0.3, -0.25) is 0 Å². The first-order valence-electron chi connectivity index (χ1n) is 8.08. The second-order valence-electron chi connectivity index (χ2n) is 6.81. The van der Waals surface area contributed by atoms with Crippen LogP contribution in [0, 0.1) is 0 Å². The number of hydrogen-bond acceptors (Lipinski definition) is 5. The number of carboxylic acids is 1. The number of alkyl carbamates (subject to hydrolysis) is 1. The molecule has 27 heavy (non-hydrogen) atoms. The number of benzene rings is 1. The van der Waals surface area contributed by atoms with Crippen LogP contribution in [0.1, 0.15) is 26.3 Å². The molecule has 2 rings (SSSR count). The molecule has 1 aromatic carbocycles. The van der Waals surface area contributed by atoms with Gasteiger partial charge in [0.05, 0.1) is 0 Å². The number of rotatable bonds is 5. The van der Waals surface area contributed by atoms with Gasteiger partial charge in [0.1, 0.15) is 5.60 Å². The standard InChI is InChI=1S/C18H19AsClN3O4/c1-18(2,3)27-17(26)22-13(15(24)25)8-10-4-6-11(7-5-10)12-9-14(20)23-16(19)21-12/h4-7,9,13H,8H2,1-3H3,(H,22,26)(H,24,25)/t13-/m0/s1. The van der Waals surface area contributed by atoms with E-state index in [2.05, 4.69) is 32.1 Å². The number of hydrogen-bond donors (Lipinski definition) is 2. The molecular formula is C18H19AsClN3O4. The van der Waals surface area contributed by atoms with Crippen LogP contribution < -0.4 is 9.93 Å². The van der Waals surface area contributed by atoms with Crippen LogP contribution in [0.5, 0.6) is 0 Å². The molecule has 2 radical (unpaired) electrons. The van der Waals surface area contributed by atoms with Gasteiger partial charge in [0, 0.05) is 0 Å². The molecule has 2 N–H and O–H groups in total. The van der Waals surface area contributed by atoms with Gasteiger partial charge < -0.3 is 0 Å². The van der Waals surface area contributed by atoms with Gasteiger partial charge >= 0.3 is 145 Å². The summed E-state index contributed by atoms with van der Waals surface area (Å²) in [7, 11) is 0. The molecule has 0 bridgehead atoms. The van der Waals surface area contributed by atoms with Crippen molar-refractivity contribution in [1.29, 1.82) is 0 Å². The first kappa shape index (κ1) is 21.2. The molecule has 0 fully saturated rings. The third kappa shape index (κ3) is 6.85. The van der Waals surface area contributed by atoms with E-state index in [1.54, 1.807) is 39.0 Å². The van der Waals surface area contributed by atoms with Gasteiger partial charge in [-0.15, -0.1) is 0 Å². The van der Waals surface area contributed by atoms with Gasteiger partial charge in [-0.1, -0.05) is 0 Å². The van der Waals surface area contributed by atoms with E-state index < -0.39 is 23.7 Å². The van der Waals surface area contributed by atoms with E-state index >= 15 is 0 Å². The summed E-state index contributed by atoms with van der Waals surface area (Å²) >= 11 is 8.18. The summed E-state index contributed by atoms with van der Waals surface area (Å²) in [4.78, 5) is 31.6. The van der Waals surface area contributed by atoms with Gasteiger partial charge in [0.25, 0.3) is 0 Å². The Morgan fingerprint density at radius 1 is 1.26 bits per heavy atom. The summed E-state index contributed by atoms with van der Waals surface area (Å²) in [5.41, 5.74) is 1.53. The fourth-order valence-corrected chi connectivity index (χ4v) is 3.01. The molecule has 0 aliphatic rings. The topological polar surface area (TPSA) is 101 Å². The maximum absolute atomic E-state index is 11.8. The number of aromatic nitrogens is 2. The molecule has 0 spiro atoms. The van der Waals surface area contributed by atoms with Crippen LogP contribution in [-0.2, 0) is 16.0 Å². The SMILES string of the molecule is CC(C)(C)OC(=O)N[C@@H](Cc1ccc(-c2cc(Cl)nc([As])n2)cc1)C(=O)O. The zero-order valence-electron chi connectivity index (χ0n) is 15.1. The monoisotopic (exact) mass is 451 g/mol. The van der Waals surface area contributed by atoms with E-state index in [0.29, 0.717) is 15.5 Å². The van der Waals surface area contributed by atoms with Crippen molar-refractivity contribution < 1.29 is 19.4 Å². The van der Waals surface area contributed by atoms with Gasteiger partial charge in [0.2, 0.25) is 0 Å². The molecule has 0 saturated carbocycles. The van der Waals surface area contributed by atoms with Crippen molar-refractivity contribution in [2.45, 2.75) is 38.8 Å². The molecule has 1 aromatic heterocycles. The number of carbonyl (C=O) groups excluding carboxylic acids is 1. The van der Waals surface area contributed by atoms with Crippen LogP contribution >= 0.6 is 11.6 Å². The molecule has 1 heterocycles.